The Morgan fingerprint density at radius 3 is 2.86 bits per heavy atom. The first-order chi connectivity index (χ1) is 6.72. The molecule has 0 bridgehead atoms. The van der Waals surface area contributed by atoms with Gasteiger partial charge in [-0.25, -0.2) is 0 Å². The van der Waals surface area contributed by atoms with Gasteiger partial charge in [0.25, 0.3) is 0 Å². The van der Waals surface area contributed by atoms with Crippen molar-refractivity contribution in [2.75, 3.05) is 0 Å². The van der Waals surface area contributed by atoms with E-state index in [-0.39, 0.29) is 0 Å². The summed E-state index contributed by atoms with van der Waals surface area (Å²) in [4.78, 5) is 0. The Bertz CT molecular complexity index is 360. The van der Waals surface area contributed by atoms with Crippen LogP contribution in [0.15, 0.2) is 24.3 Å². The van der Waals surface area contributed by atoms with Crippen LogP contribution in [0.4, 0.5) is 0 Å². The van der Waals surface area contributed by atoms with Crippen molar-refractivity contribution in [3.05, 3.63) is 41.0 Å². The van der Waals surface area contributed by atoms with E-state index < -0.39 is 0 Å². The molecule has 1 aromatic carbocycles. The van der Waals surface area contributed by atoms with Crippen LogP contribution < -0.4 is 0 Å². The van der Waals surface area contributed by atoms with Crippen LogP contribution >= 0.6 is 0 Å². The summed E-state index contributed by atoms with van der Waals surface area (Å²) in [6, 6.07) is 6.92. The van der Waals surface area contributed by atoms with Gasteiger partial charge >= 0.3 is 0 Å². The van der Waals surface area contributed by atoms with Crippen molar-refractivity contribution in [3.8, 4) is 0 Å². The lowest BCUT2D eigenvalue weighted by molar-refractivity contribution is 0.731. The van der Waals surface area contributed by atoms with Crippen molar-refractivity contribution in [1.29, 1.82) is 0 Å². The summed E-state index contributed by atoms with van der Waals surface area (Å²) in [5.41, 5.74) is 4.40. The summed E-state index contributed by atoms with van der Waals surface area (Å²) in [6.07, 6.45) is 5.74. The van der Waals surface area contributed by atoms with Crippen LogP contribution in [-0.2, 0) is 0 Å². The van der Waals surface area contributed by atoms with Gasteiger partial charge in [-0.05, 0) is 34.9 Å². The van der Waals surface area contributed by atoms with Crippen LogP contribution in [-0.4, -0.2) is 0 Å². The molecule has 0 spiro atoms. The Labute approximate surface area is 86.7 Å². The van der Waals surface area contributed by atoms with Crippen LogP contribution in [0.3, 0.4) is 0 Å². The molecular weight excluding hydrogens is 168 g/mol. The van der Waals surface area contributed by atoms with E-state index in [1.54, 1.807) is 0 Å². The third-order valence-corrected chi connectivity index (χ3v) is 3.35. The van der Waals surface area contributed by atoms with Gasteiger partial charge in [0.15, 0.2) is 0 Å². The molecule has 0 saturated carbocycles. The molecular formula is C14H18. The van der Waals surface area contributed by atoms with Crippen LogP contribution in [0.2, 0.25) is 0 Å². The van der Waals surface area contributed by atoms with Gasteiger partial charge in [-0.15, -0.1) is 0 Å². The molecule has 1 aromatic rings. The molecule has 2 atom stereocenters. The fraction of sp³-hybridized carbons (Fsp3) is 0.429. The van der Waals surface area contributed by atoms with Crippen LogP contribution in [0.25, 0.3) is 6.08 Å². The molecule has 0 radical (unpaired) electrons. The lowest BCUT2D eigenvalue weighted by atomic mass is 9.93. The molecule has 2 rings (SSSR count). The third kappa shape index (κ3) is 1.50. The average Bonchev–Trinajstić information content (AvgIpc) is 2.59. The Balaban J connectivity index is 2.37. The monoisotopic (exact) mass is 186 g/mol. The maximum atomic E-state index is 2.38. The van der Waals surface area contributed by atoms with E-state index in [0.29, 0.717) is 11.8 Å². The van der Waals surface area contributed by atoms with Gasteiger partial charge in [0.05, 0.1) is 0 Å². The summed E-state index contributed by atoms with van der Waals surface area (Å²) in [6.45, 7) is 6.82. The van der Waals surface area contributed by atoms with Gasteiger partial charge < -0.3 is 0 Å². The molecule has 0 saturated heterocycles. The zero-order valence-corrected chi connectivity index (χ0v) is 9.25. The van der Waals surface area contributed by atoms with Gasteiger partial charge in [0, 0.05) is 0 Å². The lowest BCUT2D eigenvalue weighted by Crippen LogP contribution is -1.95. The predicted molar refractivity (Wildman–Crippen MR) is 62.6 cm³/mol. The van der Waals surface area contributed by atoms with Crippen LogP contribution in [0.1, 0.15) is 55.7 Å². The maximum absolute atomic E-state index is 2.38. The van der Waals surface area contributed by atoms with Gasteiger partial charge in [0.1, 0.15) is 0 Å². The summed E-state index contributed by atoms with van der Waals surface area (Å²) >= 11 is 0. The van der Waals surface area contributed by atoms with Crippen molar-refractivity contribution in [1.82, 2.24) is 0 Å². The largest absolute Gasteiger partial charge is 0.0767 e. The second-order valence-corrected chi connectivity index (χ2v) is 4.35. The second-order valence-electron chi connectivity index (χ2n) is 4.35. The normalized spacial score (nSPS) is 20.9. The van der Waals surface area contributed by atoms with E-state index in [1.807, 2.05) is 0 Å². The van der Waals surface area contributed by atoms with E-state index in [0.717, 1.165) is 0 Å². The zero-order valence-electron chi connectivity index (χ0n) is 9.25. The van der Waals surface area contributed by atoms with E-state index in [9.17, 15) is 0 Å². The van der Waals surface area contributed by atoms with E-state index >= 15 is 0 Å². The number of fused-ring (bicyclic) bond motifs is 1. The molecule has 1 unspecified atom stereocenters. The Morgan fingerprint density at radius 2 is 2.14 bits per heavy atom. The molecule has 0 heterocycles. The van der Waals surface area contributed by atoms with Gasteiger partial charge in [-0.2, -0.15) is 0 Å². The molecule has 1 aliphatic rings. The van der Waals surface area contributed by atoms with Crippen molar-refractivity contribution in [3.63, 3.8) is 0 Å². The first-order valence-corrected chi connectivity index (χ1v) is 5.54. The molecule has 0 N–H and O–H groups in total. The Morgan fingerprint density at radius 1 is 1.36 bits per heavy atom. The minimum Gasteiger partial charge on any atom is -0.0767 e. The van der Waals surface area contributed by atoms with Crippen molar-refractivity contribution in [2.45, 2.75) is 39.0 Å². The summed E-state index contributed by atoms with van der Waals surface area (Å²) in [5, 5.41) is 0. The predicted octanol–water partition coefficient (Wildman–Crippen LogP) is 4.33. The summed E-state index contributed by atoms with van der Waals surface area (Å²) in [5.74, 6) is 1.29. The molecule has 74 valence electrons. The number of hydrogen-bond acceptors (Lipinski definition) is 0. The molecule has 0 amide bonds. The highest BCUT2D eigenvalue weighted by Gasteiger charge is 2.14. The highest BCUT2D eigenvalue weighted by atomic mass is 14.2. The lowest BCUT2D eigenvalue weighted by Gasteiger charge is -2.12. The maximum Gasteiger partial charge on any atom is -0.000107 e. The summed E-state index contributed by atoms with van der Waals surface area (Å²) in [7, 11) is 0. The highest BCUT2D eigenvalue weighted by molar-refractivity contribution is 5.62. The number of allylic oxidation sites excluding steroid dienone is 1. The van der Waals surface area contributed by atoms with E-state index in [4.69, 9.17) is 0 Å². The molecule has 0 heteroatoms. The Hall–Kier alpha value is -1.04. The standard InChI is InChI=1S/C14H18/c1-4-10(2)13-8-7-12-6-5-11(3)14(12)9-13/h5-11H,4H2,1-3H3/t10-,11?/m0/s1. The third-order valence-electron chi connectivity index (χ3n) is 3.35. The van der Waals surface area contributed by atoms with Crippen molar-refractivity contribution >= 4 is 6.08 Å². The first-order valence-electron chi connectivity index (χ1n) is 5.54. The molecule has 0 fully saturated rings. The van der Waals surface area contributed by atoms with Crippen LogP contribution in [0.5, 0.6) is 0 Å². The van der Waals surface area contributed by atoms with Crippen LogP contribution in [0, 0.1) is 0 Å². The van der Waals surface area contributed by atoms with Gasteiger partial charge in [-0.3, -0.25) is 0 Å². The molecule has 0 aromatic heterocycles. The van der Waals surface area contributed by atoms with Crippen molar-refractivity contribution < 1.29 is 0 Å². The SMILES string of the molecule is CC[C@H](C)c1ccc2c(c1)C(C)C=C2. The smallest absolute Gasteiger partial charge is 0.000107 e. The van der Waals surface area contributed by atoms with E-state index in [1.165, 1.54) is 23.1 Å². The van der Waals surface area contributed by atoms with Gasteiger partial charge in [0.2, 0.25) is 0 Å². The van der Waals surface area contributed by atoms with Crippen molar-refractivity contribution in [2.24, 2.45) is 0 Å². The first kappa shape index (κ1) is 9.51. The minimum atomic E-state index is 0.606. The average molecular weight is 186 g/mol. The topological polar surface area (TPSA) is 0 Å². The molecule has 14 heavy (non-hydrogen) atoms. The number of rotatable bonds is 2. The highest BCUT2D eigenvalue weighted by Crippen LogP contribution is 2.32. The fourth-order valence-electron chi connectivity index (χ4n) is 2.03. The molecule has 0 nitrogen and oxygen atoms in total. The quantitative estimate of drug-likeness (QED) is 0.645. The number of hydrogen-bond donors (Lipinski definition) is 0. The summed E-state index contributed by atoms with van der Waals surface area (Å²) < 4.78 is 0. The molecule has 1 aliphatic carbocycles. The number of benzene rings is 1. The fourth-order valence-corrected chi connectivity index (χ4v) is 2.03. The minimum absolute atomic E-state index is 0.606. The zero-order chi connectivity index (χ0) is 10.1. The Kier molecular flexibility index (Phi) is 2.45. The second kappa shape index (κ2) is 3.61. The molecule has 0 aliphatic heterocycles. The van der Waals surface area contributed by atoms with Gasteiger partial charge in [-0.1, -0.05) is 51.1 Å². The van der Waals surface area contributed by atoms with E-state index in [2.05, 4.69) is 51.1 Å².